The van der Waals surface area contributed by atoms with Crippen molar-refractivity contribution in [1.29, 1.82) is 0 Å². The minimum Gasteiger partial charge on any atom is -0.394 e. The Morgan fingerprint density at radius 3 is 1.42 bits per heavy atom. The number of fused-ring (bicyclic) bond motifs is 1. The summed E-state index contributed by atoms with van der Waals surface area (Å²) in [6, 6.07) is 60.7. The molecule has 9 rings (SSSR count). The second kappa shape index (κ2) is 15.6. The third kappa shape index (κ3) is 6.36. The van der Waals surface area contributed by atoms with Crippen molar-refractivity contribution in [3.63, 3.8) is 0 Å². The number of aliphatic hydroxyl groups excluding tert-OH is 2. The zero-order chi connectivity index (χ0) is 38.7. The number of imidazole rings is 1. The first-order chi connectivity index (χ1) is 28.1. The lowest BCUT2D eigenvalue weighted by molar-refractivity contribution is -0.122. The maximum absolute atomic E-state index is 12.0. The van der Waals surface area contributed by atoms with Crippen molar-refractivity contribution in [2.24, 2.45) is 0 Å². The van der Waals surface area contributed by atoms with E-state index in [2.05, 4.69) is 41.7 Å². The molecule has 0 spiro atoms. The highest BCUT2D eigenvalue weighted by Gasteiger charge is 2.51. The number of benzene rings is 6. The summed E-state index contributed by atoms with van der Waals surface area (Å²) in [5, 5.41) is 26.4. The van der Waals surface area contributed by atoms with Crippen molar-refractivity contribution in [3.8, 4) is 0 Å². The van der Waals surface area contributed by atoms with E-state index in [0.29, 0.717) is 17.0 Å². The Kier molecular flexibility index (Phi) is 9.88. The Hall–Kier alpha value is -6.49. The number of nitrogens with one attached hydrogen (secondary N) is 1. The maximum Gasteiger partial charge on any atom is 0.167 e. The average Bonchev–Trinajstić information content (AvgIpc) is 3.86. The minimum atomic E-state index is -1.21. The van der Waals surface area contributed by atoms with Gasteiger partial charge >= 0.3 is 0 Å². The second-order valence-electron chi connectivity index (χ2n) is 14.1. The maximum atomic E-state index is 12.0. The number of nitrogens with zero attached hydrogens (tertiary/aromatic N) is 4. The summed E-state index contributed by atoms with van der Waals surface area (Å²) < 4.78 is 15.7. The van der Waals surface area contributed by atoms with E-state index in [1.54, 1.807) is 10.9 Å². The number of aromatic nitrogens is 4. The van der Waals surface area contributed by atoms with Gasteiger partial charge in [0, 0.05) is 0 Å². The quantitative estimate of drug-likeness (QED) is 0.108. The molecule has 0 saturated carbocycles. The van der Waals surface area contributed by atoms with Gasteiger partial charge in [-0.3, -0.25) is 4.57 Å². The average molecular weight is 752 g/mol. The van der Waals surface area contributed by atoms with Crippen LogP contribution in [-0.4, -0.2) is 54.7 Å². The van der Waals surface area contributed by atoms with Gasteiger partial charge in [-0.1, -0.05) is 182 Å². The summed E-state index contributed by atoms with van der Waals surface area (Å²) in [7, 11) is 0. The van der Waals surface area contributed by atoms with Crippen molar-refractivity contribution in [3.05, 3.63) is 228 Å². The fourth-order valence-corrected chi connectivity index (χ4v) is 8.24. The first kappa shape index (κ1) is 36.2. The van der Waals surface area contributed by atoms with Gasteiger partial charge in [0.25, 0.3) is 0 Å². The Balaban J connectivity index is 1.19. The molecule has 0 bridgehead atoms. The van der Waals surface area contributed by atoms with Gasteiger partial charge in [-0.25, -0.2) is 15.0 Å². The van der Waals surface area contributed by atoms with Crippen molar-refractivity contribution < 1.29 is 19.7 Å². The van der Waals surface area contributed by atoms with Crippen LogP contribution in [0.15, 0.2) is 195 Å². The van der Waals surface area contributed by atoms with Crippen LogP contribution >= 0.6 is 0 Å². The molecule has 1 aliphatic rings. The molecule has 1 aliphatic heterocycles. The lowest BCUT2D eigenvalue weighted by Gasteiger charge is -2.40. The first-order valence-corrected chi connectivity index (χ1v) is 19.0. The van der Waals surface area contributed by atoms with Gasteiger partial charge in [-0.15, -0.1) is 0 Å². The zero-order valence-corrected chi connectivity index (χ0v) is 31.0. The number of hydrogen-bond acceptors (Lipinski definition) is 8. The third-order valence-corrected chi connectivity index (χ3v) is 10.9. The number of hydrogen-bond donors (Lipinski definition) is 3. The Labute approximate surface area is 330 Å². The van der Waals surface area contributed by atoms with Gasteiger partial charge in [0.15, 0.2) is 23.2 Å². The van der Waals surface area contributed by atoms with E-state index in [4.69, 9.17) is 24.4 Å². The van der Waals surface area contributed by atoms with Crippen molar-refractivity contribution in [2.75, 3.05) is 11.9 Å². The molecule has 57 heavy (non-hydrogen) atoms. The van der Waals surface area contributed by atoms with Gasteiger partial charge in [0.2, 0.25) is 0 Å². The largest absolute Gasteiger partial charge is 0.394 e. The third-order valence-electron chi connectivity index (χ3n) is 10.9. The fourth-order valence-electron chi connectivity index (χ4n) is 8.24. The van der Waals surface area contributed by atoms with Crippen LogP contribution in [0.25, 0.3) is 11.2 Å². The second-order valence-corrected chi connectivity index (χ2v) is 14.1. The van der Waals surface area contributed by atoms with Gasteiger partial charge < -0.3 is 25.0 Å². The number of aliphatic hydroxyl groups is 2. The molecule has 4 atom stereocenters. The molecular formula is C48H41N5O4. The monoisotopic (exact) mass is 751 g/mol. The molecule has 0 aliphatic carbocycles. The van der Waals surface area contributed by atoms with Crippen LogP contribution in [0, 0.1) is 0 Å². The zero-order valence-electron chi connectivity index (χ0n) is 31.0. The smallest absolute Gasteiger partial charge is 0.167 e. The normalized spacial score (nSPS) is 18.4. The molecule has 3 N–H and O–H groups in total. The van der Waals surface area contributed by atoms with Crippen molar-refractivity contribution >= 4 is 17.0 Å². The van der Waals surface area contributed by atoms with Crippen molar-refractivity contribution in [1.82, 2.24) is 19.5 Å². The van der Waals surface area contributed by atoms with Crippen LogP contribution in [0.2, 0.25) is 0 Å². The van der Waals surface area contributed by atoms with E-state index < -0.39 is 42.3 Å². The predicted molar refractivity (Wildman–Crippen MR) is 219 cm³/mol. The molecule has 0 radical (unpaired) electrons. The minimum absolute atomic E-state index is 0.422. The van der Waals surface area contributed by atoms with Gasteiger partial charge in [0.05, 0.1) is 12.9 Å². The molecule has 1 fully saturated rings. The van der Waals surface area contributed by atoms with E-state index >= 15 is 0 Å². The Bertz CT molecular complexity index is 2330. The topological polar surface area (TPSA) is 115 Å². The highest BCUT2D eigenvalue weighted by atomic mass is 16.6. The van der Waals surface area contributed by atoms with E-state index in [-0.39, 0.29) is 0 Å². The highest BCUT2D eigenvalue weighted by molar-refractivity contribution is 5.84. The molecule has 0 unspecified atom stereocenters. The van der Waals surface area contributed by atoms with E-state index in [1.807, 2.05) is 146 Å². The summed E-state index contributed by atoms with van der Waals surface area (Å²) in [6.07, 6.45) is -0.955. The first-order valence-electron chi connectivity index (χ1n) is 19.0. The van der Waals surface area contributed by atoms with Crippen LogP contribution < -0.4 is 5.32 Å². The summed E-state index contributed by atoms with van der Waals surface area (Å²) >= 11 is 0. The molecule has 8 aromatic rings. The molecule has 282 valence electrons. The SMILES string of the molecule is OC[C@H]1O[C@@H](n2cnc3c(NC(c4ccccc4)(c4ccccc4)c4ccccc4)ncnc32)[C@H](OC(c2ccccc2)(c2ccccc2)c2ccccc2)[C@@H]1O. The molecule has 1 saturated heterocycles. The van der Waals surface area contributed by atoms with Gasteiger partial charge in [-0.2, -0.15) is 0 Å². The summed E-state index contributed by atoms with van der Waals surface area (Å²) in [4.78, 5) is 14.4. The van der Waals surface area contributed by atoms with Crippen LogP contribution in [0.5, 0.6) is 0 Å². The van der Waals surface area contributed by atoms with E-state index in [9.17, 15) is 10.2 Å². The summed E-state index contributed by atoms with van der Waals surface area (Å²) in [5.41, 5.74) is 4.53. The molecule has 6 aromatic carbocycles. The molecule has 0 amide bonds. The number of ether oxygens (including phenoxy) is 2. The van der Waals surface area contributed by atoms with Crippen LogP contribution in [0.4, 0.5) is 5.82 Å². The van der Waals surface area contributed by atoms with E-state index in [1.165, 1.54) is 6.33 Å². The molecule has 9 nitrogen and oxygen atoms in total. The summed E-state index contributed by atoms with van der Waals surface area (Å²) in [6.45, 7) is -0.422. The standard InChI is InChI=1S/C48H41N5O4/c54-31-40-42(55)43(57-48(37-25-13-4-14-26-37,38-27-15-5-16-28-38)39-29-17-6-18-30-39)46(56-40)53-33-51-41-44(49-32-50-45(41)53)52-47(34-19-7-1-8-20-34,35-21-9-2-10-22-35)36-23-11-3-12-24-36/h1-30,32-33,40,42-43,46,54-55H,31H2,(H,49,50,52)/t40-,42-,43-,46-/m1/s1. The van der Waals surface area contributed by atoms with Crippen LogP contribution in [0.1, 0.15) is 39.6 Å². The fraction of sp³-hybridized carbons (Fsp3) is 0.146. The number of rotatable bonds is 12. The summed E-state index contributed by atoms with van der Waals surface area (Å²) in [5.74, 6) is 0.497. The van der Waals surface area contributed by atoms with Crippen LogP contribution in [-0.2, 0) is 20.6 Å². The van der Waals surface area contributed by atoms with E-state index in [0.717, 1.165) is 33.4 Å². The molecular weight excluding hydrogens is 711 g/mol. The van der Waals surface area contributed by atoms with Crippen molar-refractivity contribution in [2.45, 2.75) is 35.7 Å². The van der Waals surface area contributed by atoms with Gasteiger partial charge in [0.1, 0.15) is 35.8 Å². The lowest BCUT2D eigenvalue weighted by Crippen LogP contribution is -2.44. The Morgan fingerprint density at radius 1 is 0.579 bits per heavy atom. The number of anilines is 1. The highest BCUT2D eigenvalue weighted by Crippen LogP contribution is 2.46. The predicted octanol–water partition coefficient (Wildman–Crippen LogP) is 7.86. The molecule has 3 heterocycles. The van der Waals surface area contributed by atoms with Crippen LogP contribution in [0.3, 0.4) is 0 Å². The Morgan fingerprint density at radius 2 is 1.00 bits per heavy atom. The molecule has 9 heteroatoms. The van der Waals surface area contributed by atoms with Gasteiger partial charge in [-0.05, 0) is 33.4 Å². The molecule has 2 aromatic heterocycles. The lowest BCUT2D eigenvalue weighted by atomic mass is 9.77.